The minimum Gasteiger partial charge on any atom is -0.334 e. The molecule has 3 aromatic rings. The molecule has 6 heteroatoms. The van der Waals surface area contributed by atoms with Crippen LogP contribution in [0.4, 0.5) is 4.39 Å². The second-order valence-corrected chi connectivity index (χ2v) is 6.28. The topological polar surface area (TPSA) is 51.0 Å². The van der Waals surface area contributed by atoms with Crippen LogP contribution in [0.2, 0.25) is 0 Å². The van der Waals surface area contributed by atoms with E-state index in [-0.39, 0.29) is 17.8 Å². The normalized spacial score (nSPS) is 14.4. The van der Waals surface area contributed by atoms with Crippen LogP contribution in [0.1, 0.15) is 22.0 Å². The summed E-state index contributed by atoms with van der Waals surface area (Å²) in [5.74, 6) is -0.509. The van der Waals surface area contributed by atoms with E-state index in [2.05, 4.69) is 10.3 Å². The van der Waals surface area contributed by atoms with Crippen LogP contribution in [-0.4, -0.2) is 38.9 Å². The van der Waals surface area contributed by atoms with Crippen LogP contribution >= 0.6 is 0 Å². The zero-order valence-corrected chi connectivity index (χ0v) is 13.8. The Hall–Kier alpha value is -3.02. The molecule has 1 fully saturated rings. The van der Waals surface area contributed by atoms with Gasteiger partial charge >= 0.3 is 0 Å². The van der Waals surface area contributed by atoms with Gasteiger partial charge in [0.25, 0.3) is 5.91 Å². The fourth-order valence-electron chi connectivity index (χ4n) is 2.89. The van der Waals surface area contributed by atoms with Crippen LogP contribution < -0.4 is 0 Å². The molecule has 0 saturated carbocycles. The zero-order chi connectivity index (χ0) is 17.4. The Bertz CT molecular complexity index is 916. The molecule has 0 atom stereocenters. The first kappa shape index (κ1) is 15.5. The third-order valence-corrected chi connectivity index (χ3v) is 4.52. The largest absolute Gasteiger partial charge is 0.334 e. The van der Waals surface area contributed by atoms with Gasteiger partial charge in [0.2, 0.25) is 0 Å². The van der Waals surface area contributed by atoms with E-state index in [0.29, 0.717) is 24.2 Å². The van der Waals surface area contributed by atoms with Crippen LogP contribution in [0.15, 0.2) is 54.7 Å². The number of aromatic nitrogens is 3. The maximum atomic E-state index is 13.6. The maximum Gasteiger partial charge on any atom is 0.254 e. The van der Waals surface area contributed by atoms with Crippen molar-refractivity contribution in [2.24, 2.45) is 0 Å². The Morgan fingerprint density at radius 3 is 2.64 bits per heavy atom. The van der Waals surface area contributed by atoms with Gasteiger partial charge in [0.15, 0.2) is 0 Å². The van der Waals surface area contributed by atoms with Crippen LogP contribution in [-0.2, 0) is 0 Å². The Kier molecular flexibility index (Phi) is 3.80. The monoisotopic (exact) mass is 336 g/mol. The van der Waals surface area contributed by atoms with Gasteiger partial charge in [-0.1, -0.05) is 41.6 Å². The first-order valence-electron chi connectivity index (χ1n) is 8.14. The summed E-state index contributed by atoms with van der Waals surface area (Å²) in [5, 5.41) is 8.37. The molecule has 0 bridgehead atoms. The number of hydrogen-bond acceptors (Lipinski definition) is 3. The van der Waals surface area contributed by atoms with E-state index in [4.69, 9.17) is 0 Å². The minimum atomic E-state index is -0.355. The van der Waals surface area contributed by atoms with Gasteiger partial charge in [-0.3, -0.25) is 4.79 Å². The number of carbonyl (C=O) groups is 1. The van der Waals surface area contributed by atoms with E-state index < -0.39 is 0 Å². The van der Waals surface area contributed by atoms with Gasteiger partial charge in [-0.05, 0) is 24.6 Å². The lowest BCUT2D eigenvalue weighted by Gasteiger charge is -2.38. The van der Waals surface area contributed by atoms with E-state index in [9.17, 15) is 9.18 Å². The average Bonchev–Trinajstić information content (AvgIpc) is 3.06. The van der Waals surface area contributed by atoms with Crippen molar-refractivity contribution in [3.63, 3.8) is 0 Å². The van der Waals surface area contributed by atoms with Gasteiger partial charge in [-0.15, -0.1) is 5.10 Å². The number of rotatable bonds is 3. The predicted molar refractivity (Wildman–Crippen MR) is 91.5 cm³/mol. The van der Waals surface area contributed by atoms with Gasteiger partial charge < -0.3 is 4.90 Å². The third-order valence-electron chi connectivity index (χ3n) is 4.52. The molecule has 1 amide bonds. The van der Waals surface area contributed by atoms with Crippen LogP contribution in [0.5, 0.6) is 0 Å². The fraction of sp³-hybridized carbons (Fsp3) is 0.211. The van der Waals surface area contributed by atoms with Gasteiger partial charge in [0.05, 0.1) is 12.2 Å². The van der Waals surface area contributed by atoms with E-state index >= 15 is 0 Å². The number of carbonyl (C=O) groups excluding carboxylic acids is 1. The zero-order valence-electron chi connectivity index (χ0n) is 13.8. The Morgan fingerprint density at radius 2 is 1.92 bits per heavy atom. The summed E-state index contributed by atoms with van der Waals surface area (Å²) in [6.07, 6.45) is 1.90. The Labute approximate surface area is 144 Å². The van der Waals surface area contributed by atoms with Crippen molar-refractivity contribution in [2.75, 3.05) is 13.1 Å². The first-order valence-corrected chi connectivity index (χ1v) is 8.14. The van der Waals surface area contributed by atoms with E-state index in [0.717, 1.165) is 11.3 Å². The van der Waals surface area contributed by atoms with Crippen molar-refractivity contribution in [3.05, 3.63) is 71.7 Å². The number of benzene rings is 2. The number of likely N-dealkylation sites (tertiary alicyclic amines) is 1. The fourth-order valence-corrected chi connectivity index (χ4v) is 2.89. The smallest absolute Gasteiger partial charge is 0.254 e. The highest BCUT2D eigenvalue weighted by atomic mass is 19.1. The summed E-state index contributed by atoms with van der Waals surface area (Å²) >= 11 is 0. The molecule has 2 aromatic carbocycles. The lowest BCUT2D eigenvalue weighted by Crippen LogP contribution is -2.50. The molecule has 2 heterocycles. The van der Waals surface area contributed by atoms with E-state index in [1.54, 1.807) is 28.6 Å². The molecule has 0 spiro atoms. The van der Waals surface area contributed by atoms with Crippen molar-refractivity contribution < 1.29 is 9.18 Å². The predicted octanol–water partition coefficient (Wildman–Crippen LogP) is 3.09. The molecule has 0 aliphatic carbocycles. The second kappa shape index (κ2) is 6.12. The summed E-state index contributed by atoms with van der Waals surface area (Å²) in [7, 11) is 0. The molecule has 1 aliphatic heterocycles. The highest BCUT2D eigenvalue weighted by Crippen LogP contribution is 2.25. The molecule has 0 unspecified atom stereocenters. The van der Waals surface area contributed by atoms with E-state index in [1.807, 2.05) is 36.5 Å². The highest BCUT2D eigenvalue weighted by molar-refractivity contribution is 5.94. The molecule has 1 aliphatic rings. The molecular formula is C19H17FN4O. The maximum absolute atomic E-state index is 13.6. The van der Waals surface area contributed by atoms with Crippen molar-refractivity contribution in [3.8, 4) is 11.3 Å². The molecule has 5 nitrogen and oxygen atoms in total. The van der Waals surface area contributed by atoms with Crippen molar-refractivity contribution in [1.82, 2.24) is 19.9 Å². The number of halogens is 1. The summed E-state index contributed by atoms with van der Waals surface area (Å²) in [5.41, 5.74) is 2.74. The molecule has 1 aromatic heterocycles. The van der Waals surface area contributed by atoms with E-state index in [1.165, 1.54) is 6.07 Å². The Morgan fingerprint density at radius 1 is 1.16 bits per heavy atom. The standard InChI is InChI=1S/C19H17FN4O/c1-13-7-8-15(9-17(13)20)19(25)23-10-16(11-23)24-12-18(21-22-24)14-5-3-2-4-6-14/h2-9,12,16H,10-11H2,1H3. The third kappa shape index (κ3) is 2.91. The van der Waals surface area contributed by atoms with Crippen molar-refractivity contribution in [1.29, 1.82) is 0 Å². The van der Waals surface area contributed by atoms with Gasteiger partial charge in [-0.2, -0.15) is 0 Å². The molecular weight excluding hydrogens is 319 g/mol. The van der Waals surface area contributed by atoms with Gasteiger partial charge in [0, 0.05) is 24.2 Å². The summed E-state index contributed by atoms with van der Waals surface area (Å²) in [6, 6.07) is 14.5. The number of amides is 1. The molecule has 4 rings (SSSR count). The number of aryl methyl sites for hydroxylation is 1. The molecule has 0 radical (unpaired) electrons. The number of nitrogens with zero attached hydrogens (tertiary/aromatic N) is 4. The second-order valence-electron chi connectivity index (χ2n) is 6.28. The summed E-state index contributed by atoms with van der Waals surface area (Å²) in [6.45, 7) is 2.77. The van der Waals surface area contributed by atoms with Gasteiger partial charge in [-0.25, -0.2) is 9.07 Å². The molecule has 126 valence electrons. The molecule has 0 N–H and O–H groups in total. The lowest BCUT2D eigenvalue weighted by atomic mass is 10.1. The highest BCUT2D eigenvalue weighted by Gasteiger charge is 2.33. The van der Waals surface area contributed by atoms with Crippen molar-refractivity contribution >= 4 is 5.91 Å². The minimum absolute atomic E-state index is 0.101. The van der Waals surface area contributed by atoms with Gasteiger partial charge in [0.1, 0.15) is 11.5 Å². The van der Waals surface area contributed by atoms with Crippen molar-refractivity contribution in [2.45, 2.75) is 13.0 Å². The molecule has 1 saturated heterocycles. The summed E-state index contributed by atoms with van der Waals surface area (Å²) in [4.78, 5) is 14.1. The van der Waals surface area contributed by atoms with Crippen LogP contribution in [0, 0.1) is 12.7 Å². The first-order chi connectivity index (χ1) is 12.1. The lowest BCUT2D eigenvalue weighted by molar-refractivity contribution is 0.0498. The Balaban J connectivity index is 1.43. The molecule has 25 heavy (non-hydrogen) atoms. The average molecular weight is 336 g/mol. The van der Waals surface area contributed by atoms with Crippen LogP contribution in [0.3, 0.4) is 0 Å². The SMILES string of the molecule is Cc1ccc(C(=O)N2CC(n3cc(-c4ccccc4)nn3)C2)cc1F. The summed E-state index contributed by atoms with van der Waals surface area (Å²) < 4.78 is 15.4. The quantitative estimate of drug-likeness (QED) is 0.738. The van der Waals surface area contributed by atoms with Crippen LogP contribution in [0.25, 0.3) is 11.3 Å². The number of hydrogen-bond donors (Lipinski definition) is 0.